The minimum atomic E-state index is -4.68. The second-order valence-electron chi connectivity index (χ2n) is 7.97. The Hall–Kier alpha value is -3.07. The molecule has 3 rings (SSSR count). The number of hydrogen-bond acceptors (Lipinski definition) is 5. The van der Waals surface area contributed by atoms with Crippen molar-refractivity contribution in [1.82, 2.24) is 0 Å². The number of nitrogens with zero attached hydrogens (tertiary/aromatic N) is 3. The number of likely N-dealkylation sites (N-methyl/N-ethyl adjacent to an activating group) is 1. The number of anilines is 2. The zero-order chi connectivity index (χ0) is 23.8. The number of hydrogen-bond donors (Lipinski definition) is 1. The number of hydrazone groups is 1. The van der Waals surface area contributed by atoms with E-state index < -0.39 is 22.4 Å². The van der Waals surface area contributed by atoms with E-state index in [1.54, 1.807) is 0 Å². The van der Waals surface area contributed by atoms with Gasteiger partial charge in [-0.2, -0.15) is 18.3 Å². The minimum absolute atomic E-state index is 0.164. The van der Waals surface area contributed by atoms with Gasteiger partial charge in [-0.1, -0.05) is 17.7 Å². The Morgan fingerprint density at radius 2 is 1.97 bits per heavy atom. The summed E-state index contributed by atoms with van der Waals surface area (Å²) in [5.74, 6) is 0. The zero-order valence-electron chi connectivity index (χ0n) is 17.9. The van der Waals surface area contributed by atoms with Crippen LogP contribution in [-0.2, 0) is 6.18 Å². The van der Waals surface area contributed by atoms with Crippen LogP contribution in [0.2, 0.25) is 5.02 Å². The Bertz CT molecular complexity index is 1130. The Balaban J connectivity index is 1.92. The molecule has 6 nitrogen and oxygen atoms in total. The van der Waals surface area contributed by atoms with Crippen LogP contribution in [0.4, 0.5) is 30.2 Å². The molecule has 1 aliphatic rings. The van der Waals surface area contributed by atoms with E-state index in [0.29, 0.717) is 16.7 Å². The normalized spacial score (nSPS) is 15.5. The van der Waals surface area contributed by atoms with E-state index in [-0.39, 0.29) is 11.2 Å². The summed E-state index contributed by atoms with van der Waals surface area (Å²) in [6, 6.07) is 5.92. The van der Waals surface area contributed by atoms with Gasteiger partial charge < -0.3 is 4.90 Å². The van der Waals surface area contributed by atoms with Gasteiger partial charge in [0, 0.05) is 29.4 Å². The monoisotopic (exact) mass is 466 g/mol. The molecule has 2 aromatic carbocycles. The van der Waals surface area contributed by atoms with Crippen LogP contribution in [0.25, 0.3) is 5.57 Å². The molecule has 170 valence electrons. The maximum Gasteiger partial charge on any atom is 0.416 e. The average Bonchev–Trinajstić information content (AvgIpc) is 2.67. The second-order valence-corrected chi connectivity index (χ2v) is 8.38. The third-order valence-corrected chi connectivity index (χ3v) is 5.65. The van der Waals surface area contributed by atoms with Crippen molar-refractivity contribution in [2.24, 2.45) is 5.10 Å². The molecule has 1 N–H and O–H groups in total. The molecule has 0 spiro atoms. The molecule has 2 aromatic rings. The average molecular weight is 467 g/mol. The number of nitrogens with one attached hydrogen (secondary N) is 1. The van der Waals surface area contributed by atoms with E-state index in [1.807, 2.05) is 19.1 Å². The highest BCUT2D eigenvalue weighted by Gasteiger charge is 2.33. The Morgan fingerprint density at radius 1 is 1.28 bits per heavy atom. The van der Waals surface area contributed by atoms with E-state index in [2.05, 4.69) is 42.3 Å². The van der Waals surface area contributed by atoms with Gasteiger partial charge in [0.15, 0.2) is 0 Å². The van der Waals surface area contributed by atoms with Gasteiger partial charge in [-0.3, -0.25) is 15.5 Å². The maximum atomic E-state index is 12.9. The number of nitro groups is 1. The second kappa shape index (κ2) is 8.46. The van der Waals surface area contributed by atoms with Crippen molar-refractivity contribution < 1.29 is 18.1 Å². The quantitative estimate of drug-likeness (QED) is 0.301. The predicted molar refractivity (Wildman–Crippen MR) is 122 cm³/mol. The summed E-state index contributed by atoms with van der Waals surface area (Å²) < 4.78 is 38.6. The summed E-state index contributed by atoms with van der Waals surface area (Å²) in [6.45, 7) is 9.09. The molecule has 0 bridgehead atoms. The van der Waals surface area contributed by atoms with Gasteiger partial charge in [0.2, 0.25) is 0 Å². The van der Waals surface area contributed by atoms with Gasteiger partial charge in [0.1, 0.15) is 5.69 Å². The molecule has 0 unspecified atom stereocenters. The number of nitro benzene ring substituents is 1. The van der Waals surface area contributed by atoms with Gasteiger partial charge in [-0.05, 0) is 57.5 Å². The molecule has 0 fully saturated rings. The van der Waals surface area contributed by atoms with Crippen LogP contribution in [-0.4, -0.2) is 23.2 Å². The maximum absolute atomic E-state index is 12.9. The van der Waals surface area contributed by atoms with E-state index in [1.165, 1.54) is 6.21 Å². The molecule has 0 saturated carbocycles. The molecular weight excluding hydrogens is 445 g/mol. The molecular formula is C22H22ClF3N4O2. The van der Waals surface area contributed by atoms with Crippen LogP contribution >= 0.6 is 11.6 Å². The van der Waals surface area contributed by atoms with Crippen LogP contribution in [0.15, 0.2) is 41.5 Å². The van der Waals surface area contributed by atoms with E-state index in [9.17, 15) is 23.3 Å². The first-order chi connectivity index (χ1) is 14.8. The molecule has 10 heteroatoms. The topological polar surface area (TPSA) is 70.8 Å². The Morgan fingerprint density at radius 3 is 2.56 bits per heavy atom. The summed E-state index contributed by atoms with van der Waals surface area (Å²) in [6.07, 6.45) is -1.14. The van der Waals surface area contributed by atoms with Crippen LogP contribution in [0, 0.1) is 10.1 Å². The Kier molecular flexibility index (Phi) is 6.24. The van der Waals surface area contributed by atoms with Crippen LogP contribution < -0.4 is 10.3 Å². The van der Waals surface area contributed by atoms with Gasteiger partial charge in [-0.25, -0.2) is 0 Å². The highest BCUT2D eigenvalue weighted by molar-refractivity contribution is 6.33. The number of fused-ring (bicyclic) bond motifs is 1. The fourth-order valence-electron chi connectivity index (χ4n) is 3.92. The van der Waals surface area contributed by atoms with E-state index in [0.717, 1.165) is 35.5 Å². The third-order valence-electron chi connectivity index (χ3n) is 5.32. The molecule has 1 heterocycles. The summed E-state index contributed by atoms with van der Waals surface area (Å²) in [5, 5.41) is 15.6. The fraction of sp³-hybridized carbons (Fsp3) is 0.318. The predicted octanol–water partition coefficient (Wildman–Crippen LogP) is 6.73. The van der Waals surface area contributed by atoms with Crippen molar-refractivity contribution >= 4 is 40.5 Å². The van der Waals surface area contributed by atoms with Gasteiger partial charge in [0.25, 0.3) is 5.69 Å². The van der Waals surface area contributed by atoms with Crippen LogP contribution in [0.3, 0.4) is 0 Å². The number of allylic oxidation sites excluding steroid dienone is 1. The highest BCUT2D eigenvalue weighted by Crippen LogP contribution is 2.41. The molecule has 1 aliphatic heterocycles. The van der Waals surface area contributed by atoms with Gasteiger partial charge in [-0.15, -0.1) is 0 Å². The molecule has 0 amide bonds. The zero-order valence-corrected chi connectivity index (χ0v) is 18.7. The summed E-state index contributed by atoms with van der Waals surface area (Å²) in [4.78, 5) is 12.5. The van der Waals surface area contributed by atoms with Crippen LogP contribution in [0.1, 0.15) is 44.4 Å². The standard InChI is InChI=1S/C22H22ClF3N4O2/c1-5-29-19-10-17(23)14(8-16(19)13(2)11-21(29,3)4)12-27-28-18-7-6-15(22(24,25)26)9-20(18)30(31)32/h6-12,28H,5H2,1-4H3/b27-12+. The van der Waals surface area contributed by atoms with Crippen molar-refractivity contribution in [2.75, 3.05) is 16.9 Å². The van der Waals surface area contributed by atoms with Gasteiger partial charge in [0.05, 0.1) is 27.3 Å². The Labute approximate surface area is 188 Å². The molecule has 0 radical (unpaired) electrons. The smallest absolute Gasteiger partial charge is 0.363 e. The minimum Gasteiger partial charge on any atom is -0.363 e. The van der Waals surface area contributed by atoms with Gasteiger partial charge >= 0.3 is 6.18 Å². The number of benzene rings is 2. The number of rotatable bonds is 5. The van der Waals surface area contributed by atoms with E-state index >= 15 is 0 Å². The fourth-order valence-corrected chi connectivity index (χ4v) is 4.12. The third kappa shape index (κ3) is 4.57. The molecule has 0 saturated heterocycles. The lowest BCUT2D eigenvalue weighted by Gasteiger charge is -2.43. The summed E-state index contributed by atoms with van der Waals surface area (Å²) in [5.41, 5.74) is 3.89. The lowest BCUT2D eigenvalue weighted by Crippen LogP contribution is -2.44. The first-order valence-electron chi connectivity index (χ1n) is 9.81. The molecule has 0 aromatic heterocycles. The van der Waals surface area contributed by atoms with Crippen molar-refractivity contribution in [3.63, 3.8) is 0 Å². The lowest BCUT2D eigenvalue weighted by molar-refractivity contribution is -0.384. The molecule has 32 heavy (non-hydrogen) atoms. The van der Waals surface area contributed by atoms with Crippen molar-refractivity contribution in [1.29, 1.82) is 0 Å². The molecule has 0 atom stereocenters. The van der Waals surface area contributed by atoms with Crippen molar-refractivity contribution in [3.8, 4) is 0 Å². The lowest BCUT2D eigenvalue weighted by atomic mass is 9.88. The largest absolute Gasteiger partial charge is 0.416 e. The molecule has 0 aliphatic carbocycles. The first kappa shape index (κ1) is 23.6. The first-order valence-corrected chi connectivity index (χ1v) is 10.2. The summed E-state index contributed by atoms with van der Waals surface area (Å²) in [7, 11) is 0. The van der Waals surface area contributed by atoms with Crippen molar-refractivity contribution in [2.45, 2.75) is 39.4 Å². The number of halogens is 4. The van der Waals surface area contributed by atoms with E-state index in [4.69, 9.17) is 11.6 Å². The highest BCUT2D eigenvalue weighted by atomic mass is 35.5. The summed E-state index contributed by atoms with van der Waals surface area (Å²) >= 11 is 6.46. The van der Waals surface area contributed by atoms with Crippen LogP contribution in [0.5, 0.6) is 0 Å². The number of alkyl halides is 3. The van der Waals surface area contributed by atoms with Crippen molar-refractivity contribution in [3.05, 3.63) is 68.2 Å². The SMILES string of the molecule is CCN1c2cc(Cl)c(/C=N/Nc3ccc(C(F)(F)F)cc3[N+](=O)[O-])cc2C(C)=CC1(C)C.